The van der Waals surface area contributed by atoms with Gasteiger partial charge in [0.15, 0.2) is 5.78 Å². The van der Waals surface area contributed by atoms with Crippen LogP contribution in [-0.2, 0) is 14.3 Å². The van der Waals surface area contributed by atoms with E-state index in [1.807, 2.05) is 6.92 Å². The van der Waals surface area contributed by atoms with Crippen molar-refractivity contribution in [3.63, 3.8) is 0 Å². The van der Waals surface area contributed by atoms with Crippen molar-refractivity contribution < 1.29 is 14.3 Å². The van der Waals surface area contributed by atoms with Gasteiger partial charge < -0.3 is 9.47 Å². The van der Waals surface area contributed by atoms with Crippen LogP contribution in [0.15, 0.2) is 24.3 Å². The third-order valence-corrected chi connectivity index (χ3v) is 3.66. The number of ketones is 1. The van der Waals surface area contributed by atoms with Gasteiger partial charge in [-0.1, -0.05) is 29.3 Å². The first-order chi connectivity index (χ1) is 9.03. The quantitative estimate of drug-likeness (QED) is 0.800. The highest BCUT2D eigenvalue weighted by Crippen LogP contribution is 2.27. The van der Waals surface area contributed by atoms with Crippen molar-refractivity contribution in [2.45, 2.75) is 6.92 Å². The molecule has 0 saturated carbocycles. The molecule has 0 bridgehead atoms. The fourth-order valence-corrected chi connectivity index (χ4v) is 2.33. The van der Waals surface area contributed by atoms with Gasteiger partial charge in [-0.25, -0.2) is 0 Å². The van der Waals surface area contributed by atoms with E-state index in [2.05, 4.69) is 0 Å². The Balaban J connectivity index is 2.16. The summed E-state index contributed by atoms with van der Waals surface area (Å²) in [5.41, 5.74) is -0.0110. The highest BCUT2D eigenvalue weighted by Gasteiger charge is 2.34. The van der Waals surface area contributed by atoms with Gasteiger partial charge in [0.1, 0.15) is 6.79 Å². The molecule has 1 heterocycles. The van der Waals surface area contributed by atoms with Crippen LogP contribution >= 0.6 is 23.2 Å². The molecular formula is C14H14Cl2O3. The van der Waals surface area contributed by atoms with Crippen LogP contribution in [0.1, 0.15) is 12.5 Å². The molecule has 1 aromatic rings. The van der Waals surface area contributed by atoms with Crippen molar-refractivity contribution in [3.05, 3.63) is 39.9 Å². The van der Waals surface area contributed by atoms with Crippen LogP contribution in [0.4, 0.5) is 0 Å². The normalized spacial score (nSPS) is 18.7. The maximum absolute atomic E-state index is 12.2. The number of benzene rings is 1. The van der Waals surface area contributed by atoms with Gasteiger partial charge in [0.25, 0.3) is 0 Å². The fraction of sp³-hybridized carbons (Fsp3) is 0.357. The number of carbonyl (C=O) groups excluding carboxylic acids is 1. The van der Waals surface area contributed by atoms with Crippen molar-refractivity contribution in [1.29, 1.82) is 0 Å². The molecule has 19 heavy (non-hydrogen) atoms. The lowest BCUT2D eigenvalue weighted by molar-refractivity contribution is -0.168. The van der Waals surface area contributed by atoms with Gasteiger partial charge in [-0.2, -0.15) is 0 Å². The predicted octanol–water partition coefficient (Wildman–Crippen LogP) is 3.59. The van der Waals surface area contributed by atoms with E-state index in [0.29, 0.717) is 28.8 Å². The van der Waals surface area contributed by atoms with Crippen molar-refractivity contribution in [3.8, 4) is 0 Å². The number of ether oxygens (including phenoxy) is 2. The van der Waals surface area contributed by atoms with Gasteiger partial charge in [0.05, 0.1) is 18.6 Å². The molecule has 1 aromatic carbocycles. The Kier molecular flexibility index (Phi) is 4.63. The standard InChI is InChI=1S/C14H14Cl2O3/c1-14(7-18-9-19-8-14)13(17)6-5-10-11(15)3-2-4-12(10)16/h2-6H,7-9H2,1H3/b6-5+. The molecule has 5 heteroatoms. The van der Waals surface area contributed by atoms with Gasteiger partial charge in [-0.15, -0.1) is 0 Å². The highest BCUT2D eigenvalue weighted by molar-refractivity contribution is 6.37. The minimum absolute atomic E-state index is 0.0665. The molecule has 102 valence electrons. The van der Waals surface area contributed by atoms with Gasteiger partial charge in [0.2, 0.25) is 0 Å². The van der Waals surface area contributed by atoms with Crippen molar-refractivity contribution in [2.75, 3.05) is 20.0 Å². The number of carbonyl (C=O) groups is 1. The Morgan fingerprint density at radius 1 is 1.26 bits per heavy atom. The Labute approximate surface area is 122 Å². The van der Waals surface area contributed by atoms with Crippen LogP contribution in [-0.4, -0.2) is 25.8 Å². The molecule has 0 aliphatic carbocycles. The number of rotatable bonds is 3. The molecule has 0 atom stereocenters. The molecule has 1 aliphatic rings. The summed E-state index contributed by atoms with van der Waals surface area (Å²) >= 11 is 12.1. The predicted molar refractivity (Wildman–Crippen MR) is 75.4 cm³/mol. The summed E-state index contributed by atoms with van der Waals surface area (Å²) in [7, 11) is 0. The smallest absolute Gasteiger partial charge is 0.166 e. The van der Waals surface area contributed by atoms with E-state index in [9.17, 15) is 4.79 Å². The monoisotopic (exact) mass is 300 g/mol. The van der Waals surface area contributed by atoms with E-state index >= 15 is 0 Å². The zero-order valence-electron chi connectivity index (χ0n) is 10.5. The number of hydrogen-bond donors (Lipinski definition) is 0. The van der Waals surface area contributed by atoms with Crippen LogP contribution in [0.25, 0.3) is 6.08 Å². The van der Waals surface area contributed by atoms with Crippen LogP contribution in [0.5, 0.6) is 0 Å². The molecule has 2 rings (SSSR count). The van der Waals surface area contributed by atoms with Crippen LogP contribution in [0.3, 0.4) is 0 Å². The first kappa shape index (κ1) is 14.5. The average Bonchev–Trinajstić information content (AvgIpc) is 2.38. The SMILES string of the molecule is CC1(C(=O)/C=C/c2c(Cl)cccc2Cl)COCOC1. The summed E-state index contributed by atoms with van der Waals surface area (Å²) in [6, 6.07) is 5.21. The zero-order chi connectivity index (χ0) is 13.9. The number of halogens is 2. The molecule has 0 spiro atoms. The summed E-state index contributed by atoms with van der Waals surface area (Å²) in [5, 5.41) is 1.02. The topological polar surface area (TPSA) is 35.5 Å². The molecule has 1 fully saturated rings. The lowest BCUT2D eigenvalue weighted by Crippen LogP contribution is -2.40. The van der Waals surface area contributed by atoms with Crippen LogP contribution in [0.2, 0.25) is 10.0 Å². The first-order valence-corrected chi connectivity index (χ1v) is 6.60. The molecule has 0 unspecified atom stereocenters. The Morgan fingerprint density at radius 3 is 2.42 bits per heavy atom. The molecule has 0 radical (unpaired) electrons. The maximum atomic E-state index is 12.2. The molecule has 0 N–H and O–H groups in total. The second-order valence-electron chi connectivity index (χ2n) is 4.71. The van der Waals surface area contributed by atoms with E-state index in [-0.39, 0.29) is 12.6 Å². The second kappa shape index (κ2) is 6.06. The zero-order valence-corrected chi connectivity index (χ0v) is 12.0. The Bertz CT molecular complexity index is 485. The third-order valence-electron chi connectivity index (χ3n) is 3.00. The van der Waals surface area contributed by atoms with Crippen LogP contribution in [0, 0.1) is 5.41 Å². The Morgan fingerprint density at radius 2 is 1.84 bits per heavy atom. The van der Waals surface area contributed by atoms with Crippen molar-refractivity contribution >= 4 is 35.1 Å². The summed E-state index contributed by atoms with van der Waals surface area (Å²) < 4.78 is 10.4. The minimum Gasteiger partial charge on any atom is -0.354 e. The largest absolute Gasteiger partial charge is 0.354 e. The minimum atomic E-state index is -0.650. The van der Waals surface area contributed by atoms with Gasteiger partial charge in [-0.3, -0.25) is 4.79 Å². The van der Waals surface area contributed by atoms with Gasteiger partial charge in [-0.05, 0) is 31.2 Å². The summed E-state index contributed by atoms with van der Waals surface area (Å²) in [4.78, 5) is 12.2. The first-order valence-electron chi connectivity index (χ1n) is 5.85. The number of hydrogen-bond acceptors (Lipinski definition) is 3. The van der Waals surface area contributed by atoms with Gasteiger partial charge in [0, 0.05) is 15.6 Å². The summed E-state index contributed by atoms with van der Waals surface area (Å²) in [5.74, 6) is -0.0665. The Hall–Kier alpha value is -0.870. The summed E-state index contributed by atoms with van der Waals surface area (Å²) in [6.07, 6.45) is 3.11. The lowest BCUT2D eigenvalue weighted by Gasteiger charge is -2.30. The van der Waals surface area contributed by atoms with E-state index < -0.39 is 5.41 Å². The van der Waals surface area contributed by atoms with Crippen LogP contribution < -0.4 is 0 Å². The van der Waals surface area contributed by atoms with Crippen molar-refractivity contribution in [2.24, 2.45) is 5.41 Å². The fourth-order valence-electron chi connectivity index (χ4n) is 1.81. The maximum Gasteiger partial charge on any atom is 0.166 e. The van der Waals surface area contributed by atoms with Gasteiger partial charge >= 0.3 is 0 Å². The number of allylic oxidation sites excluding steroid dienone is 1. The molecule has 0 aromatic heterocycles. The van der Waals surface area contributed by atoms with E-state index in [1.54, 1.807) is 24.3 Å². The molecule has 1 aliphatic heterocycles. The molecule has 3 nitrogen and oxygen atoms in total. The highest BCUT2D eigenvalue weighted by atomic mass is 35.5. The molecular weight excluding hydrogens is 287 g/mol. The molecule has 0 amide bonds. The van der Waals surface area contributed by atoms with E-state index in [4.69, 9.17) is 32.7 Å². The van der Waals surface area contributed by atoms with E-state index in [1.165, 1.54) is 6.08 Å². The second-order valence-corrected chi connectivity index (χ2v) is 5.52. The lowest BCUT2D eigenvalue weighted by atomic mass is 9.86. The third kappa shape index (κ3) is 3.37. The van der Waals surface area contributed by atoms with Crippen molar-refractivity contribution in [1.82, 2.24) is 0 Å². The van der Waals surface area contributed by atoms with E-state index in [0.717, 1.165) is 0 Å². The summed E-state index contributed by atoms with van der Waals surface area (Å²) in [6.45, 7) is 2.76. The average molecular weight is 301 g/mol. The molecule has 1 saturated heterocycles.